The summed E-state index contributed by atoms with van der Waals surface area (Å²) in [7, 11) is 1.31. The maximum absolute atomic E-state index is 10.5. The van der Waals surface area contributed by atoms with Gasteiger partial charge in [0.25, 0.3) is 6.47 Å². The molecule has 0 fully saturated rings. The number of rotatable bonds is 3. The van der Waals surface area contributed by atoms with Crippen LogP contribution in [0.2, 0.25) is 0 Å². The second-order valence-electron chi connectivity index (χ2n) is 3.10. The van der Waals surface area contributed by atoms with Gasteiger partial charge in [0.2, 0.25) is 0 Å². The van der Waals surface area contributed by atoms with Gasteiger partial charge in [0.1, 0.15) is 6.61 Å². The SMILES string of the molecule is CC(=O)OCc1ccc(C)cc1.COC=O. The fraction of sp³-hybridized carbons (Fsp3) is 0.333. The maximum Gasteiger partial charge on any atom is 0.302 e. The van der Waals surface area contributed by atoms with E-state index in [4.69, 9.17) is 9.53 Å². The Kier molecular flexibility index (Phi) is 7.49. The van der Waals surface area contributed by atoms with Gasteiger partial charge in [0.15, 0.2) is 0 Å². The van der Waals surface area contributed by atoms with Crippen molar-refractivity contribution in [1.82, 2.24) is 0 Å². The third kappa shape index (κ3) is 7.55. The summed E-state index contributed by atoms with van der Waals surface area (Å²) in [5.41, 5.74) is 2.23. The fourth-order valence-electron chi connectivity index (χ4n) is 0.869. The predicted octanol–water partition coefficient (Wildman–Crippen LogP) is 1.85. The van der Waals surface area contributed by atoms with Crippen LogP contribution in [-0.4, -0.2) is 19.6 Å². The van der Waals surface area contributed by atoms with Crippen LogP contribution in [0, 0.1) is 6.92 Å². The van der Waals surface area contributed by atoms with Crippen LogP contribution >= 0.6 is 0 Å². The first-order valence-corrected chi connectivity index (χ1v) is 4.75. The molecule has 88 valence electrons. The van der Waals surface area contributed by atoms with Gasteiger partial charge in [-0.05, 0) is 12.5 Å². The number of carbonyl (C=O) groups is 2. The normalized spacial score (nSPS) is 8.44. The van der Waals surface area contributed by atoms with Crippen molar-refractivity contribution in [3.8, 4) is 0 Å². The molecular weight excluding hydrogens is 208 g/mol. The molecule has 0 N–H and O–H groups in total. The van der Waals surface area contributed by atoms with Crippen LogP contribution in [0.1, 0.15) is 18.1 Å². The van der Waals surface area contributed by atoms with Crippen LogP contribution in [0.3, 0.4) is 0 Å². The number of hydrogen-bond acceptors (Lipinski definition) is 4. The highest BCUT2D eigenvalue weighted by Gasteiger charge is 1.94. The van der Waals surface area contributed by atoms with Crippen LogP contribution in [-0.2, 0) is 25.7 Å². The van der Waals surface area contributed by atoms with Gasteiger partial charge in [-0.3, -0.25) is 9.59 Å². The van der Waals surface area contributed by atoms with E-state index in [9.17, 15) is 4.79 Å². The highest BCUT2D eigenvalue weighted by Crippen LogP contribution is 2.04. The van der Waals surface area contributed by atoms with Gasteiger partial charge in [-0.15, -0.1) is 0 Å². The highest BCUT2D eigenvalue weighted by atomic mass is 16.5. The van der Waals surface area contributed by atoms with E-state index in [2.05, 4.69) is 4.74 Å². The number of esters is 1. The molecule has 1 rings (SSSR count). The van der Waals surface area contributed by atoms with Crippen molar-refractivity contribution >= 4 is 12.4 Å². The Morgan fingerprint density at radius 1 is 1.31 bits per heavy atom. The van der Waals surface area contributed by atoms with Crippen LogP contribution in [0.5, 0.6) is 0 Å². The summed E-state index contributed by atoms with van der Waals surface area (Å²) in [6.07, 6.45) is 0. The molecular formula is C12H16O4. The standard InChI is InChI=1S/C10H12O2.C2H4O2/c1-8-3-5-10(6-4-8)7-12-9(2)11;1-4-2-3/h3-6H,7H2,1-2H3;2H,1H3. The molecule has 0 saturated carbocycles. The van der Waals surface area contributed by atoms with E-state index in [0.717, 1.165) is 5.56 Å². The molecule has 0 aliphatic carbocycles. The molecule has 1 aromatic rings. The summed E-state index contributed by atoms with van der Waals surface area (Å²) in [5, 5.41) is 0. The van der Waals surface area contributed by atoms with E-state index < -0.39 is 0 Å². The number of carbonyl (C=O) groups excluding carboxylic acids is 2. The average Bonchev–Trinajstić information content (AvgIpc) is 2.28. The Morgan fingerprint density at radius 3 is 2.19 bits per heavy atom. The number of methoxy groups -OCH3 is 1. The Bertz CT molecular complexity index is 316. The lowest BCUT2D eigenvalue weighted by Gasteiger charge is -2.01. The minimum atomic E-state index is -0.240. The molecule has 0 saturated heterocycles. The van der Waals surface area contributed by atoms with Crippen molar-refractivity contribution in [3.63, 3.8) is 0 Å². The van der Waals surface area contributed by atoms with Crippen LogP contribution in [0.25, 0.3) is 0 Å². The molecule has 1 aromatic carbocycles. The molecule has 0 aliphatic rings. The zero-order chi connectivity index (χ0) is 12.4. The van der Waals surface area contributed by atoms with Crippen molar-refractivity contribution in [2.75, 3.05) is 7.11 Å². The minimum Gasteiger partial charge on any atom is -0.471 e. The average molecular weight is 224 g/mol. The van der Waals surface area contributed by atoms with E-state index in [-0.39, 0.29) is 5.97 Å². The number of aryl methyl sites for hydroxylation is 1. The number of hydrogen-bond donors (Lipinski definition) is 0. The zero-order valence-corrected chi connectivity index (χ0v) is 9.73. The van der Waals surface area contributed by atoms with Crippen molar-refractivity contribution in [2.24, 2.45) is 0 Å². The summed E-state index contributed by atoms with van der Waals surface area (Å²) < 4.78 is 8.69. The lowest BCUT2D eigenvalue weighted by Crippen LogP contribution is -1.98. The Balaban J connectivity index is 0.000000487. The van der Waals surface area contributed by atoms with E-state index in [0.29, 0.717) is 13.1 Å². The van der Waals surface area contributed by atoms with E-state index >= 15 is 0 Å². The lowest BCUT2D eigenvalue weighted by molar-refractivity contribution is -0.142. The number of benzene rings is 1. The lowest BCUT2D eigenvalue weighted by atomic mass is 10.2. The Morgan fingerprint density at radius 2 is 1.81 bits per heavy atom. The van der Waals surface area contributed by atoms with Gasteiger partial charge in [-0.1, -0.05) is 29.8 Å². The van der Waals surface area contributed by atoms with Crippen LogP contribution in [0.4, 0.5) is 0 Å². The molecule has 0 unspecified atom stereocenters. The van der Waals surface area contributed by atoms with Gasteiger partial charge in [0, 0.05) is 6.92 Å². The summed E-state index contributed by atoms with van der Waals surface area (Å²) in [4.78, 5) is 19.4. The molecule has 0 spiro atoms. The first-order valence-electron chi connectivity index (χ1n) is 4.75. The molecule has 16 heavy (non-hydrogen) atoms. The van der Waals surface area contributed by atoms with Crippen molar-refractivity contribution < 1.29 is 19.1 Å². The van der Waals surface area contributed by atoms with Crippen molar-refractivity contribution in [2.45, 2.75) is 20.5 Å². The van der Waals surface area contributed by atoms with Crippen LogP contribution in [0.15, 0.2) is 24.3 Å². The molecule has 0 aliphatic heterocycles. The smallest absolute Gasteiger partial charge is 0.302 e. The first-order chi connectivity index (χ1) is 7.60. The largest absolute Gasteiger partial charge is 0.471 e. The minimum absolute atomic E-state index is 0.240. The number of ether oxygens (including phenoxy) is 2. The van der Waals surface area contributed by atoms with Gasteiger partial charge in [0.05, 0.1) is 7.11 Å². The van der Waals surface area contributed by atoms with Gasteiger partial charge >= 0.3 is 5.97 Å². The molecule has 0 amide bonds. The molecule has 0 aromatic heterocycles. The second kappa shape index (κ2) is 8.47. The van der Waals surface area contributed by atoms with Gasteiger partial charge < -0.3 is 9.47 Å². The monoisotopic (exact) mass is 224 g/mol. The highest BCUT2D eigenvalue weighted by molar-refractivity contribution is 5.65. The summed E-state index contributed by atoms with van der Waals surface area (Å²) >= 11 is 0. The second-order valence-corrected chi connectivity index (χ2v) is 3.10. The molecule has 0 bridgehead atoms. The van der Waals surface area contributed by atoms with E-state index in [1.165, 1.54) is 19.6 Å². The maximum atomic E-state index is 10.5. The van der Waals surface area contributed by atoms with Crippen molar-refractivity contribution in [1.29, 1.82) is 0 Å². The predicted molar refractivity (Wildman–Crippen MR) is 59.7 cm³/mol. The Labute approximate surface area is 95.2 Å². The van der Waals surface area contributed by atoms with Crippen LogP contribution < -0.4 is 0 Å². The summed E-state index contributed by atoms with van der Waals surface area (Å²) in [6.45, 7) is 4.18. The molecule has 4 heteroatoms. The zero-order valence-electron chi connectivity index (χ0n) is 9.73. The first kappa shape index (κ1) is 14.2. The molecule has 0 heterocycles. The van der Waals surface area contributed by atoms with Gasteiger partial charge in [-0.25, -0.2) is 0 Å². The topological polar surface area (TPSA) is 52.6 Å². The third-order valence-corrected chi connectivity index (χ3v) is 1.66. The summed E-state index contributed by atoms with van der Waals surface area (Å²) in [6, 6.07) is 7.91. The van der Waals surface area contributed by atoms with E-state index in [1.807, 2.05) is 31.2 Å². The summed E-state index contributed by atoms with van der Waals surface area (Å²) in [5.74, 6) is -0.240. The molecule has 0 atom stereocenters. The van der Waals surface area contributed by atoms with E-state index in [1.54, 1.807) is 0 Å². The molecule has 0 radical (unpaired) electrons. The van der Waals surface area contributed by atoms with Gasteiger partial charge in [-0.2, -0.15) is 0 Å². The van der Waals surface area contributed by atoms with Crippen molar-refractivity contribution in [3.05, 3.63) is 35.4 Å². The fourth-order valence-corrected chi connectivity index (χ4v) is 0.869. The quantitative estimate of drug-likeness (QED) is 0.580. The Hall–Kier alpha value is -1.84. The molecule has 4 nitrogen and oxygen atoms in total. The third-order valence-electron chi connectivity index (χ3n) is 1.66.